The molecule has 0 radical (unpaired) electrons. The Morgan fingerprint density at radius 1 is 1.06 bits per heavy atom. The van der Waals surface area contributed by atoms with Gasteiger partial charge in [0.1, 0.15) is 6.04 Å². The Balaban J connectivity index is 1.38. The summed E-state index contributed by atoms with van der Waals surface area (Å²) >= 11 is 0. The predicted octanol–water partition coefficient (Wildman–Crippen LogP) is 2.68. The summed E-state index contributed by atoms with van der Waals surface area (Å²) in [5, 5.41) is 3.98. The van der Waals surface area contributed by atoms with Crippen LogP contribution in [0.5, 0.6) is 0 Å². The molecule has 2 fully saturated rings. The van der Waals surface area contributed by atoms with E-state index >= 15 is 0 Å². The van der Waals surface area contributed by atoms with Crippen LogP contribution < -0.4 is 5.32 Å². The molecule has 0 aliphatic carbocycles. The number of nitrogens with one attached hydrogen (secondary N) is 1. The average molecular weight is 488 g/mol. The van der Waals surface area contributed by atoms with E-state index in [1.54, 1.807) is 18.5 Å². The van der Waals surface area contributed by atoms with Crippen LogP contribution in [0.15, 0.2) is 85.2 Å². The molecule has 9 heteroatoms. The standard InChI is InChI=1S/C27H25N3O6/c31-23-13-14-27(36-23,30-25(32)22(18-34-30)29-17-19-8-7-15-28-16-19)26(33)35-24(20-9-3-1-4-10-20)21-11-5-2-6-12-21/h1-12,15-16,22,24,29H,13-14,17-18H2/t22-,27?/m0/s1. The molecule has 0 spiro atoms. The van der Waals surface area contributed by atoms with Crippen molar-refractivity contribution < 1.29 is 28.7 Å². The lowest BCUT2D eigenvalue weighted by molar-refractivity contribution is -0.260. The first kappa shape index (κ1) is 23.7. The van der Waals surface area contributed by atoms with Crippen LogP contribution in [0.3, 0.4) is 0 Å². The largest absolute Gasteiger partial charge is 0.448 e. The number of carbonyl (C=O) groups excluding carboxylic acids is 3. The van der Waals surface area contributed by atoms with Crippen molar-refractivity contribution in [2.24, 2.45) is 0 Å². The molecule has 36 heavy (non-hydrogen) atoms. The number of hydrogen-bond donors (Lipinski definition) is 1. The Kier molecular flexibility index (Phi) is 6.75. The summed E-state index contributed by atoms with van der Waals surface area (Å²) in [5.41, 5.74) is 0.363. The second-order valence-electron chi connectivity index (χ2n) is 8.59. The molecule has 2 aromatic carbocycles. The monoisotopic (exact) mass is 487 g/mol. The van der Waals surface area contributed by atoms with E-state index < -0.39 is 35.7 Å². The van der Waals surface area contributed by atoms with E-state index in [2.05, 4.69) is 10.3 Å². The molecule has 0 bridgehead atoms. The quantitative estimate of drug-likeness (QED) is 0.484. The summed E-state index contributed by atoms with van der Waals surface area (Å²) < 4.78 is 11.4. The van der Waals surface area contributed by atoms with Crippen molar-refractivity contribution in [3.8, 4) is 0 Å². The summed E-state index contributed by atoms with van der Waals surface area (Å²) in [7, 11) is 0. The molecular weight excluding hydrogens is 462 g/mol. The summed E-state index contributed by atoms with van der Waals surface area (Å²) in [6, 6.07) is 21.4. The Hall–Kier alpha value is -4.08. The van der Waals surface area contributed by atoms with Gasteiger partial charge in [-0.1, -0.05) is 66.7 Å². The van der Waals surface area contributed by atoms with Crippen LogP contribution >= 0.6 is 0 Å². The van der Waals surface area contributed by atoms with Gasteiger partial charge in [-0.15, -0.1) is 0 Å². The van der Waals surface area contributed by atoms with E-state index in [0.717, 1.165) is 21.8 Å². The fourth-order valence-electron chi connectivity index (χ4n) is 4.31. The number of aromatic nitrogens is 1. The molecule has 3 heterocycles. The number of amides is 1. The number of carbonyl (C=O) groups is 3. The van der Waals surface area contributed by atoms with Gasteiger partial charge < -0.3 is 9.47 Å². The zero-order valence-electron chi connectivity index (χ0n) is 19.4. The van der Waals surface area contributed by atoms with Crippen molar-refractivity contribution in [1.82, 2.24) is 15.4 Å². The van der Waals surface area contributed by atoms with Gasteiger partial charge in [-0.3, -0.25) is 24.7 Å². The molecule has 1 N–H and O–H groups in total. The van der Waals surface area contributed by atoms with Gasteiger partial charge >= 0.3 is 17.7 Å². The third-order valence-corrected chi connectivity index (χ3v) is 6.17. The fourth-order valence-corrected chi connectivity index (χ4v) is 4.31. The number of ether oxygens (including phenoxy) is 2. The zero-order chi connectivity index (χ0) is 25.0. The summed E-state index contributed by atoms with van der Waals surface area (Å²) in [5.74, 6) is -1.99. The number of esters is 2. The predicted molar refractivity (Wildman–Crippen MR) is 127 cm³/mol. The SMILES string of the molecule is O=C1CCC(C(=O)OC(c2ccccc2)c2ccccc2)(N2OC[C@H](NCc3cccnc3)C2=O)O1. The van der Waals surface area contributed by atoms with Gasteiger partial charge in [0.2, 0.25) is 0 Å². The van der Waals surface area contributed by atoms with Crippen LogP contribution in [0.25, 0.3) is 0 Å². The maximum atomic E-state index is 13.7. The number of hydrogen-bond acceptors (Lipinski definition) is 8. The molecule has 2 aliphatic rings. The van der Waals surface area contributed by atoms with Crippen molar-refractivity contribution in [2.45, 2.75) is 37.3 Å². The summed E-state index contributed by atoms with van der Waals surface area (Å²) in [6.07, 6.45) is 2.47. The van der Waals surface area contributed by atoms with Crippen LogP contribution in [0, 0.1) is 0 Å². The third kappa shape index (κ3) is 4.71. The Bertz CT molecular complexity index is 1180. The highest BCUT2D eigenvalue weighted by molar-refractivity contribution is 5.93. The van der Waals surface area contributed by atoms with Crippen LogP contribution in [0.4, 0.5) is 0 Å². The van der Waals surface area contributed by atoms with Gasteiger partial charge in [-0.2, -0.15) is 5.06 Å². The van der Waals surface area contributed by atoms with Crippen molar-refractivity contribution in [2.75, 3.05) is 6.61 Å². The second kappa shape index (κ2) is 10.3. The highest BCUT2D eigenvalue weighted by Gasteiger charge is 2.60. The van der Waals surface area contributed by atoms with Crippen LogP contribution in [0.2, 0.25) is 0 Å². The van der Waals surface area contributed by atoms with Crippen LogP contribution in [-0.4, -0.2) is 46.3 Å². The lowest BCUT2D eigenvalue weighted by atomic mass is 10.0. The van der Waals surface area contributed by atoms with E-state index in [9.17, 15) is 14.4 Å². The minimum atomic E-state index is -2.00. The van der Waals surface area contributed by atoms with Crippen LogP contribution in [-0.2, 0) is 35.2 Å². The second-order valence-corrected chi connectivity index (χ2v) is 8.59. The molecule has 2 aliphatic heterocycles. The maximum Gasteiger partial charge on any atom is 0.376 e. The number of cyclic esters (lactones) is 1. The van der Waals surface area contributed by atoms with Crippen molar-refractivity contribution in [3.63, 3.8) is 0 Å². The van der Waals surface area contributed by atoms with Gasteiger partial charge in [0.05, 0.1) is 13.0 Å². The Labute approximate surface area is 207 Å². The van der Waals surface area contributed by atoms with E-state index in [4.69, 9.17) is 14.3 Å². The minimum Gasteiger partial charge on any atom is -0.448 e. The van der Waals surface area contributed by atoms with E-state index in [1.807, 2.05) is 66.7 Å². The smallest absolute Gasteiger partial charge is 0.376 e. The van der Waals surface area contributed by atoms with Gasteiger partial charge in [0.25, 0.3) is 5.91 Å². The van der Waals surface area contributed by atoms with E-state index in [0.29, 0.717) is 6.54 Å². The van der Waals surface area contributed by atoms with Crippen molar-refractivity contribution in [3.05, 3.63) is 102 Å². The third-order valence-electron chi connectivity index (χ3n) is 6.17. The molecule has 1 unspecified atom stereocenters. The lowest BCUT2D eigenvalue weighted by Crippen LogP contribution is -2.57. The van der Waals surface area contributed by atoms with Gasteiger partial charge in [0.15, 0.2) is 6.10 Å². The number of hydroxylamine groups is 2. The molecule has 0 saturated carbocycles. The fraction of sp³-hybridized carbons (Fsp3) is 0.259. The number of rotatable bonds is 8. The Morgan fingerprint density at radius 2 is 1.75 bits per heavy atom. The maximum absolute atomic E-state index is 13.7. The molecule has 5 rings (SSSR count). The Morgan fingerprint density at radius 3 is 2.33 bits per heavy atom. The minimum absolute atomic E-state index is 0.0214. The highest BCUT2D eigenvalue weighted by atomic mass is 16.8. The van der Waals surface area contributed by atoms with Gasteiger partial charge in [0, 0.05) is 25.4 Å². The molecule has 184 valence electrons. The lowest BCUT2D eigenvalue weighted by Gasteiger charge is -2.34. The normalized spacial score (nSPS) is 21.6. The molecule has 9 nitrogen and oxygen atoms in total. The molecule has 1 aromatic heterocycles. The highest BCUT2D eigenvalue weighted by Crippen LogP contribution is 2.37. The topological polar surface area (TPSA) is 107 Å². The van der Waals surface area contributed by atoms with Crippen LogP contribution in [0.1, 0.15) is 35.6 Å². The number of nitrogens with zero attached hydrogens (tertiary/aromatic N) is 2. The zero-order valence-corrected chi connectivity index (χ0v) is 19.4. The van der Waals surface area contributed by atoms with Crippen molar-refractivity contribution >= 4 is 17.8 Å². The first-order chi connectivity index (χ1) is 17.6. The van der Waals surface area contributed by atoms with Crippen molar-refractivity contribution in [1.29, 1.82) is 0 Å². The first-order valence-electron chi connectivity index (χ1n) is 11.7. The van der Waals surface area contributed by atoms with Gasteiger partial charge in [-0.25, -0.2) is 4.79 Å². The average Bonchev–Trinajstić information content (AvgIpc) is 3.50. The number of benzene rings is 2. The summed E-state index contributed by atoms with van der Waals surface area (Å²) in [4.78, 5) is 48.9. The van der Waals surface area contributed by atoms with E-state index in [-0.39, 0.29) is 19.4 Å². The molecule has 1 amide bonds. The van der Waals surface area contributed by atoms with E-state index in [1.165, 1.54) is 0 Å². The van der Waals surface area contributed by atoms with Gasteiger partial charge in [-0.05, 0) is 22.8 Å². The molecule has 3 aromatic rings. The number of pyridine rings is 1. The first-order valence-corrected chi connectivity index (χ1v) is 11.7. The molecular formula is C27H25N3O6. The molecule has 2 saturated heterocycles. The molecule has 2 atom stereocenters. The summed E-state index contributed by atoms with van der Waals surface area (Å²) in [6.45, 7) is 0.356.